The fourth-order valence-electron chi connectivity index (χ4n) is 2.81. The van der Waals surface area contributed by atoms with Crippen molar-refractivity contribution in [1.29, 1.82) is 0 Å². The van der Waals surface area contributed by atoms with Crippen molar-refractivity contribution in [2.24, 2.45) is 0 Å². The highest BCUT2D eigenvalue weighted by atomic mass is 35.5. The second-order valence-electron chi connectivity index (χ2n) is 5.70. The van der Waals surface area contributed by atoms with Gasteiger partial charge in [-0.25, -0.2) is 9.97 Å². The molecule has 3 rings (SSSR count). The van der Waals surface area contributed by atoms with Crippen molar-refractivity contribution in [2.45, 2.75) is 6.92 Å². The summed E-state index contributed by atoms with van der Waals surface area (Å²) in [5.74, 6) is 1.38. The summed E-state index contributed by atoms with van der Waals surface area (Å²) in [4.78, 5) is 17.1. The number of aromatic nitrogens is 3. The van der Waals surface area contributed by atoms with E-state index in [0.717, 1.165) is 49.9 Å². The molecule has 0 unspecified atom stereocenters. The molecule has 1 aliphatic heterocycles. The van der Waals surface area contributed by atoms with Gasteiger partial charge in [-0.3, -0.25) is 4.98 Å². The second kappa shape index (κ2) is 7.21. The van der Waals surface area contributed by atoms with Crippen LogP contribution in [0.1, 0.15) is 5.69 Å². The molecule has 0 saturated carbocycles. The quantitative estimate of drug-likeness (QED) is 0.836. The number of pyridine rings is 1. The first-order chi connectivity index (χ1) is 11.2. The molecule has 3 heterocycles. The molecule has 0 amide bonds. The van der Waals surface area contributed by atoms with Gasteiger partial charge in [0, 0.05) is 6.20 Å². The number of hydrogen-bond acceptors (Lipinski definition) is 5. The highest BCUT2D eigenvalue weighted by molar-refractivity contribution is 6.33. The number of halogens is 1. The lowest BCUT2D eigenvalue weighted by molar-refractivity contribution is -0.900. The summed E-state index contributed by atoms with van der Waals surface area (Å²) in [6, 6.07) is 5.69. The summed E-state index contributed by atoms with van der Waals surface area (Å²) >= 11 is 6.45. The van der Waals surface area contributed by atoms with E-state index in [0.29, 0.717) is 10.8 Å². The maximum atomic E-state index is 9.06. The molecule has 1 saturated heterocycles. The molecule has 2 aromatic heterocycles. The molecule has 23 heavy (non-hydrogen) atoms. The van der Waals surface area contributed by atoms with Gasteiger partial charge >= 0.3 is 0 Å². The van der Waals surface area contributed by atoms with Gasteiger partial charge in [-0.2, -0.15) is 0 Å². The van der Waals surface area contributed by atoms with E-state index >= 15 is 0 Å². The number of nitrogens with zero attached hydrogens (tertiary/aromatic N) is 4. The molecule has 0 spiro atoms. The number of aliphatic hydroxyl groups is 1. The Kier molecular flexibility index (Phi) is 5.05. The zero-order chi connectivity index (χ0) is 16.2. The van der Waals surface area contributed by atoms with Gasteiger partial charge in [0.15, 0.2) is 11.6 Å². The Bertz CT molecular complexity index is 659. The van der Waals surface area contributed by atoms with Crippen molar-refractivity contribution in [1.82, 2.24) is 15.0 Å². The molecular weight excluding hydrogens is 314 g/mol. The van der Waals surface area contributed by atoms with Crippen molar-refractivity contribution < 1.29 is 10.0 Å². The van der Waals surface area contributed by atoms with Crippen molar-refractivity contribution in [3.63, 3.8) is 0 Å². The fourth-order valence-corrected chi connectivity index (χ4v) is 3.01. The van der Waals surface area contributed by atoms with Gasteiger partial charge in [-0.1, -0.05) is 17.7 Å². The molecule has 1 fully saturated rings. The lowest BCUT2D eigenvalue weighted by Gasteiger charge is -2.33. The van der Waals surface area contributed by atoms with Crippen LogP contribution < -0.4 is 9.80 Å². The molecule has 0 atom stereocenters. The third-order valence-corrected chi connectivity index (χ3v) is 4.57. The first kappa shape index (κ1) is 16.1. The number of rotatable bonds is 4. The number of anilines is 1. The van der Waals surface area contributed by atoms with Gasteiger partial charge in [0.1, 0.15) is 17.3 Å². The predicted molar refractivity (Wildman–Crippen MR) is 89.9 cm³/mol. The second-order valence-corrected chi connectivity index (χ2v) is 6.07. The summed E-state index contributed by atoms with van der Waals surface area (Å²) < 4.78 is 0. The van der Waals surface area contributed by atoms with Crippen molar-refractivity contribution >= 4 is 17.4 Å². The molecule has 1 aliphatic rings. The Morgan fingerprint density at radius 2 is 2.04 bits per heavy atom. The minimum Gasteiger partial charge on any atom is -0.391 e. The third kappa shape index (κ3) is 3.60. The van der Waals surface area contributed by atoms with E-state index in [2.05, 4.69) is 19.9 Å². The van der Waals surface area contributed by atoms with Crippen molar-refractivity contribution in [2.75, 3.05) is 44.2 Å². The Balaban J connectivity index is 1.86. The van der Waals surface area contributed by atoms with Gasteiger partial charge in [-0.05, 0) is 19.1 Å². The Morgan fingerprint density at radius 1 is 1.26 bits per heavy atom. The molecule has 0 radical (unpaired) electrons. The smallest absolute Gasteiger partial charge is 0.180 e. The Hall–Kier alpha value is -1.76. The highest BCUT2D eigenvalue weighted by Crippen LogP contribution is 2.28. The van der Waals surface area contributed by atoms with Crippen LogP contribution in [0.3, 0.4) is 0 Å². The predicted octanol–water partition coefficient (Wildman–Crippen LogP) is 0.198. The van der Waals surface area contributed by atoms with Gasteiger partial charge in [0.25, 0.3) is 0 Å². The molecule has 0 aromatic carbocycles. The fraction of sp³-hybridized carbons (Fsp3) is 0.438. The zero-order valence-electron chi connectivity index (χ0n) is 13.2. The minimum atomic E-state index is 0.229. The van der Waals surface area contributed by atoms with E-state index in [9.17, 15) is 0 Å². The average molecular weight is 335 g/mol. The first-order valence-electron chi connectivity index (χ1n) is 7.84. The largest absolute Gasteiger partial charge is 0.391 e. The van der Waals surface area contributed by atoms with Crippen molar-refractivity contribution in [3.8, 4) is 11.5 Å². The number of nitrogens with one attached hydrogen (secondary N) is 1. The zero-order valence-corrected chi connectivity index (χ0v) is 13.9. The van der Waals surface area contributed by atoms with Gasteiger partial charge < -0.3 is 14.9 Å². The number of aryl methyl sites for hydroxylation is 1. The number of aliphatic hydroxyl groups excluding tert-OH is 1. The van der Waals surface area contributed by atoms with Crippen LogP contribution in [-0.4, -0.2) is 59.4 Å². The number of piperazine rings is 1. The van der Waals surface area contributed by atoms with Crippen LogP contribution in [0.2, 0.25) is 5.02 Å². The molecule has 6 nitrogen and oxygen atoms in total. The van der Waals surface area contributed by atoms with E-state index in [-0.39, 0.29) is 6.61 Å². The summed E-state index contributed by atoms with van der Waals surface area (Å²) in [6.45, 7) is 6.60. The lowest BCUT2D eigenvalue weighted by atomic mass is 10.2. The summed E-state index contributed by atoms with van der Waals surface area (Å²) in [7, 11) is 0. The van der Waals surface area contributed by atoms with Gasteiger partial charge in [-0.15, -0.1) is 0 Å². The highest BCUT2D eigenvalue weighted by Gasteiger charge is 2.24. The molecule has 0 aliphatic carbocycles. The first-order valence-corrected chi connectivity index (χ1v) is 8.21. The van der Waals surface area contributed by atoms with E-state index < -0.39 is 0 Å². The van der Waals surface area contributed by atoms with Crippen LogP contribution in [0, 0.1) is 6.92 Å². The van der Waals surface area contributed by atoms with E-state index in [1.807, 2.05) is 25.1 Å². The van der Waals surface area contributed by atoms with Crippen LogP contribution in [0.5, 0.6) is 0 Å². The van der Waals surface area contributed by atoms with E-state index in [1.54, 1.807) is 6.20 Å². The molecule has 2 aromatic rings. The topological polar surface area (TPSA) is 66.6 Å². The van der Waals surface area contributed by atoms with Crippen LogP contribution in [0.4, 0.5) is 5.82 Å². The normalized spacial score (nSPS) is 15.9. The summed E-state index contributed by atoms with van der Waals surface area (Å²) in [6.07, 6.45) is 1.74. The maximum absolute atomic E-state index is 9.06. The Morgan fingerprint density at radius 3 is 2.70 bits per heavy atom. The molecule has 7 heteroatoms. The van der Waals surface area contributed by atoms with Crippen LogP contribution >= 0.6 is 11.6 Å². The molecule has 0 bridgehead atoms. The van der Waals surface area contributed by atoms with Gasteiger partial charge in [0.05, 0.1) is 38.5 Å². The van der Waals surface area contributed by atoms with Crippen LogP contribution in [0.25, 0.3) is 11.5 Å². The van der Waals surface area contributed by atoms with Crippen molar-refractivity contribution in [3.05, 3.63) is 35.1 Å². The van der Waals surface area contributed by atoms with Gasteiger partial charge in [0.2, 0.25) is 0 Å². The summed E-state index contributed by atoms with van der Waals surface area (Å²) in [5.41, 5.74) is 1.51. The monoisotopic (exact) mass is 334 g/mol. The molecular formula is C16H21ClN5O+. The summed E-state index contributed by atoms with van der Waals surface area (Å²) in [5, 5.41) is 9.67. The lowest BCUT2D eigenvalue weighted by Crippen LogP contribution is -3.15. The number of hydrogen-bond donors (Lipinski definition) is 2. The SMILES string of the molecule is Cc1nc(-c2ccccn2)nc(N2CC[NH+](CCO)CC2)c1Cl. The standard InChI is InChI=1S/C16H20ClN5O/c1-12-14(17)16(22-8-6-21(7-9-22)10-11-23)20-15(19-12)13-4-2-3-5-18-13/h2-5,23H,6-11H2,1H3/p+1. The van der Waals surface area contributed by atoms with E-state index in [4.69, 9.17) is 16.7 Å². The Labute approximate surface area is 140 Å². The maximum Gasteiger partial charge on any atom is 0.180 e. The third-order valence-electron chi connectivity index (χ3n) is 4.13. The van der Waals surface area contributed by atoms with Crippen LogP contribution in [-0.2, 0) is 0 Å². The number of quaternary nitrogens is 1. The van der Waals surface area contributed by atoms with Crippen LogP contribution in [0.15, 0.2) is 24.4 Å². The molecule has 2 N–H and O–H groups in total. The van der Waals surface area contributed by atoms with E-state index in [1.165, 1.54) is 4.90 Å². The average Bonchev–Trinajstić information content (AvgIpc) is 2.59. The molecule has 122 valence electrons. The minimum absolute atomic E-state index is 0.229.